The predicted octanol–water partition coefficient (Wildman–Crippen LogP) is 4.73. The van der Waals surface area contributed by atoms with Gasteiger partial charge in [-0.2, -0.15) is 4.68 Å². The number of aryl methyl sites for hydroxylation is 1. The molecule has 0 aliphatic carbocycles. The average Bonchev–Trinajstić information content (AvgIpc) is 3.16. The Kier molecular flexibility index (Phi) is 5.97. The minimum absolute atomic E-state index is 0.0288. The second kappa shape index (κ2) is 8.87. The lowest BCUT2D eigenvalue weighted by molar-refractivity contribution is 0.102. The third-order valence-corrected chi connectivity index (χ3v) is 5.18. The molecule has 0 atom stereocenters. The number of rotatable bonds is 5. The summed E-state index contributed by atoms with van der Waals surface area (Å²) in [6.45, 7) is 1.77. The van der Waals surface area contributed by atoms with Crippen LogP contribution in [0.1, 0.15) is 15.9 Å². The Morgan fingerprint density at radius 1 is 1.12 bits per heavy atom. The fourth-order valence-corrected chi connectivity index (χ4v) is 3.51. The minimum atomic E-state index is -0.648. The van der Waals surface area contributed by atoms with Gasteiger partial charge in [-0.25, -0.2) is 13.6 Å². The molecule has 4 rings (SSSR count). The molecule has 33 heavy (non-hydrogen) atoms. The highest BCUT2D eigenvalue weighted by Crippen LogP contribution is 2.28. The molecular weight excluding hydrogens is 454 g/mol. The van der Waals surface area contributed by atoms with E-state index >= 15 is 0 Å². The van der Waals surface area contributed by atoms with E-state index in [0.717, 1.165) is 10.2 Å². The molecule has 1 heterocycles. The molecule has 0 radical (unpaired) electrons. The van der Waals surface area contributed by atoms with Crippen molar-refractivity contribution in [2.45, 2.75) is 6.92 Å². The van der Waals surface area contributed by atoms with Crippen molar-refractivity contribution in [1.29, 1.82) is 0 Å². The van der Waals surface area contributed by atoms with Crippen LogP contribution in [0.2, 0.25) is 5.02 Å². The summed E-state index contributed by atoms with van der Waals surface area (Å²) in [5, 5.41) is 6.73. The fourth-order valence-electron chi connectivity index (χ4n) is 3.26. The van der Waals surface area contributed by atoms with E-state index in [-0.39, 0.29) is 39.1 Å². The topological polar surface area (TPSA) is 89.0 Å². The van der Waals surface area contributed by atoms with Crippen LogP contribution in [-0.4, -0.2) is 27.8 Å². The van der Waals surface area contributed by atoms with E-state index in [0.29, 0.717) is 0 Å². The normalized spacial score (nSPS) is 10.8. The predicted molar refractivity (Wildman–Crippen MR) is 120 cm³/mol. The molecule has 3 aromatic carbocycles. The van der Waals surface area contributed by atoms with Gasteiger partial charge in [0.1, 0.15) is 17.4 Å². The summed E-state index contributed by atoms with van der Waals surface area (Å²) in [6, 6.07) is 12.8. The molecule has 0 bridgehead atoms. The molecule has 1 amide bonds. The third-order valence-electron chi connectivity index (χ3n) is 4.86. The number of aromatic amines is 1. The Labute approximate surface area is 191 Å². The van der Waals surface area contributed by atoms with Crippen LogP contribution in [0.4, 0.5) is 14.5 Å². The molecule has 0 saturated heterocycles. The lowest BCUT2D eigenvalue weighted by atomic mass is 10.1. The molecule has 0 aliphatic heterocycles. The first kappa shape index (κ1) is 22.2. The van der Waals surface area contributed by atoms with Crippen LogP contribution in [-0.2, 0) is 0 Å². The number of nitrogens with one attached hydrogen (secondary N) is 2. The van der Waals surface area contributed by atoms with E-state index < -0.39 is 23.2 Å². The molecule has 1 aromatic heterocycles. The first-order valence-corrected chi connectivity index (χ1v) is 10.1. The summed E-state index contributed by atoms with van der Waals surface area (Å²) in [5.41, 5.74) is 0.482. The van der Waals surface area contributed by atoms with Crippen molar-refractivity contribution in [3.63, 3.8) is 0 Å². The Morgan fingerprint density at radius 2 is 1.91 bits per heavy atom. The van der Waals surface area contributed by atoms with Crippen molar-refractivity contribution in [3.8, 4) is 22.8 Å². The standard InChI is InChI=1S/C23H17ClF2N4O3/c1-12-6-9-16(25)18(10-12)27-22(31)14-8-7-13(11-19(14)33-2)30-23(32)28-21(29-30)20-15(24)4-3-5-17(20)26/h3-11H,1-2H3,(H,27,31)(H,28,29,32). The van der Waals surface area contributed by atoms with Gasteiger partial charge in [0.15, 0.2) is 5.82 Å². The molecule has 0 unspecified atom stereocenters. The number of amides is 1. The van der Waals surface area contributed by atoms with Gasteiger partial charge in [-0.1, -0.05) is 23.7 Å². The number of anilines is 1. The number of ether oxygens (including phenoxy) is 1. The van der Waals surface area contributed by atoms with Crippen molar-refractivity contribution in [1.82, 2.24) is 14.8 Å². The van der Waals surface area contributed by atoms with Crippen molar-refractivity contribution in [2.24, 2.45) is 0 Å². The Morgan fingerprint density at radius 3 is 2.64 bits per heavy atom. The summed E-state index contributed by atoms with van der Waals surface area (Å²) in [7, 11) is 1.35. The zero-order chi connectivity index (χ0) is 23.7. The highest BCUT2D eigenvalue weighted by Gasteiger charge is 2.19. The maximum absolute atomic E-state index is 14.2. The number of nitrogens with zero attached hydrogens (tertiary/aromatic N) is 2. The number of carbonyl (C=O) groups is 1. The number of carbonyl (C=O) groups excluding carboxylic acids is 1. The molecule has 0 saturated carbocycles. The van der Waals surface area contributed by atoms with Crippen LogP contribution in [0.3, 0.4) is 0 Å². The van der Waals surface area contributed by atoms with Gasteiger partial charge in [0.05, 0.1) is 34.6 Å². The first-order valence-electron chi connectivity index (χ1n) is 9.68. The van der Waals surface area contributed by atoms with Crippen LogP contribution in [0.25, 0.3) is 17.1 Å². The van der Waals surface area contributed by atoms with Gasteiger partial charge in [0, 0.05) is 6.07 Å². The molecule has 10 heteroatoms. The van der Waals surface area contributed by atoms with Crippen LogP contribution >= 0.6 is 11.6 Å². The van der Waals surface area contributed by atoms with E-state index in [1.54, 1.807) is 13.0 Å². The van der Waals surface area contributed by atoms with Crippen LogP contribution < -0.4 is 15.7 Å². The van der Waals surface area contributed by atoms with Gasteiger partial charge in [-0.3, -0.25) is 9.78 Å². The lowest BCUT2D eigenvalue weighted by Gasteiger charge is -2.12. The maximum atomic E-state index is 14.2. The smallest absolute Gasteiger partial charge is 0.348 e. The van der Waals surface area contributed by atoms with E-state index in [9.17, 15) is 18.4 Å². The molecule has 0 fully saturated rings. The highest BCUT2D eigenvalue weighted by atomic mass is 35.5. The van der Waals surface area contributed by atoms with Crippen molar-refractivity contribution in [2.75, 3.05) is 12.4 Å². The number of methoxy groups -OCH3 is 1. The lowest BCUT2D eigenvalue weighted by Crippen LogP contribution is -2.17. The third kappa shape index (κ3) is 4.35. The van der Waals surface area contributed by atoms with Crippen LogP contribution in [0.15, 0.2) is 59.4 Å². The van der Waals surface area contributed by atoms with Gasteiger partial charge < -0.3 is 10.1 Å². The first-order chi connectivity index (χ1) is 15.8. The maximum Gasteiger partial charge on any atom is 0.348 e. The quantitative estimate of drug-likeness (QED) is 0.441. The Balaban J connectivity index is 1.69. The number of aromatic nitrogens is 3. The summed E-state index contributed by atoms with van der Waals surface area (Å²) in [6.07, 6.45) is 0. The number of hydrogen-bond donors (Lipinski definition) is 2. The van der Waals surface area contributed by atoms with E-state index in [4.69, 9.17) is 16.3 Å². The zero-order valence-corrected chi connectivity index (χ0v) is 18.2. The fraction of sp³-hybridized carbons (Fsp3) is 0.0870. The summed E-state index contributed by atoms with van der Waals surface area (Å²) < 4.78 is 34.5. The van der Waals surface area contributed by atoms with Gasteiger partial charge in [-0.05, 0) is 48.9 Å². The molecule has 4 aromatic rings. The molecule has 2 N–H and O–H groups in total. The number of benzene rings is 3. The van der Waals surface area contributed by atoms with Crippen LogP contribution in [0.5, 0.6) is 5.75 Å². The second-order valence-electron chi connectivity index (χ2n) is 7.11. The molecule has 0 spiro atoms. The average molecular weight is 471 g/mol. The van der Waals surface area contributed by atoms with Gasteiger partial charge >= 0.3 is 5.69 Å². The molecule has 168 valence electrons. The number of hydrogen-bond acceptors (Lipinski definition) is 4. The van der Waals surface area contributed by atoms with Gasteiger partial charge in [-0.15, -0.1) is 5.10 Å². The molecular formula is C23H17ClF2N4O3. The molecule has 7 nitrogen and oxygen atoms in total. The Hall–Kier alpha value is -3.98. The van der Waals surface area contributed by atoms with E-state index in [1.165, 1.54) is 55.6 Å². The monoisotopic (exact) mass is 470 g/mol. The summed E-state index contributed by atoms with van der Waals surface area (Å²) in [5.74, 6) is -1.75. The largest absolute Gasteiger partial charge is 0.496 e. The van der Waals surface area contributed by atoms with E-state index in [1.807, 2.05) is 0 Å². The zero-order valence-electron chi connectivity index (χ0n) is 17.4. The molecule has 0 aliphatic rings. The van der Waals surface area contributed by atoms with Gasteiger partial charge in [0.25, 0.3) is 5.91 Å². The van der Waals surface area contributed by atoms with Crippen molar-refractivity contribution in [3.05, 3.63) is 92.9 Å². The Bertz CT molecular complexity index is 1410. The van der Waals surface area contributed by atoms with Crippen LogP contribution in [0, 0.1) is 18.6 Å². The SMILES string of the molecule is COc1cc(-n2nc(-c3c(F)cccc3Cl)[nH]c2=O)ccc1C(=O)Nc1cc(C)ccc1F. The minimum Gasteiger partial charge on any atom is -0.496 e. The number of halogens is 3. The van der Waals surface area contributed by atoms with Crippen molar-refractivity contribution >= 4 is 23.2 Å². The highest BCUT2D eigenvalue weighted by molar-refractivity contribution is 6.33. The number of H-pyrrole nitrogens is 1. The summed E-state index contributed by atoms with van der Waals surface area (Å²) in [4.78, 5) is 27.7. The van der Waals surface area contributed by atoms with Crippen molar-refractivity contribution < 1.29 is 18.3 Å². The second-order valence-corrected chi connectivity index (χ2v) is 7.52. The van der Waals surface area contributed by atoms with E-state index in [2.05, 4.69) is 15.4 Å². The van der Waals surface area contributed by atoms with Gasteiger partial charge in [0.2, 0.25) is 0 Å². The summed E-state index contributed by atoms with van der Waals surface area (Å²) >= 11 is 6.06.